The van der Waals surface area contributed by atoms with Crippen LogP contribution in [0.15, 0.2) is 35.7 Å². The molecule has 0 spiro atoms. The van der Waals surface area contributed by atoms with Crippen molar-refractivity contribution in [2.75, 3.05) is 26.4 Å². The van der Waals surface area contributed by atoms with E-state index in [0.717, 1.165) is 10.5 Å². The van der Waals surface area contributed by atoms with E-state index < -0.39 is 59.3 Å². The normalized spacial score (nSPS) is 28.9. The molecule has 0 saturated carbocycles. The molecule has 2 aliphatic heterocycles. The third kappa shape index (κ3) is 4.13. The minimum atomic E-state index is -1.75. The average molecular weight is 547 g/mol. The number of halogens is 1. The summed E-state index contributed by atoms with van der Waals surface area (Å²) in [6, 6.07) is 6.19. The van der Waals surface area contributed by atoms with E-state index in [0.29, 0.717) is 16.0 Å². The Morgan fingerprint density at radius 3 is 2.21 bits per heavy atom. The zero-order valence-electron chi connectivity index (χ0n) is 21.4. The molecule has 9 nitrogen and oxygen atoms in total. The molecule has 1 aromatic heterocycles. The fourth-order valence-corrected chi connectivity index (χ4v) is 7.30. The molecule has 204 valence electrons. The van der Waals surface area contributed by atoms with E-state index >= 15 is 0 Å². The second-order valence-corrected chi connectivity index (χ2v) is 10.9. The average Bonchev–Trinajstić information content (AvgIpc) is 3.42. The molecule has 1 aromatic carbocycles. The van der Waals surface area contributed by atoms with Gasteiger partial charge >= 0.3 is 11.9 Å². The number of hydrogen-bond acceptors (Lipinski definition) is 7. The van der Waals surface area contributed by atoms with Crippen LogP contribution in [0.1, 0.15) is 57.3 Å². The van der Waals surface area contributed by atoms with Crippen LogP contribution in [0.25, 0.3) is 0 Å². The Bertz CT molecular complexity index is 1230. The van der Waals surface area contributed by atoms with Crippen LogP contribution >= 0.6 is 11.3 Å². The second-order valence-electron chi connectivity index (χ2n) is 10.00. The van der Waals surface area contributed by atoms with Crippen molar-refractivity contribution in [1.29, 1.82) is 0 Å². The summed E-state index contributed by atoms with van der Waals surface area (Å²) in [5, 5.41) is 25.7. The lowest BCUT2D eigenvalue weighted by Gasteiger charge is -2.56. The van der Waals surface area contributed by atoms with Crippen molar-refractivity contribution in [2.45, 2.75) is 45.2 Å². The monoisotopic (exact) mass is 546 g/mol. The molecule has 1 saturated heterocycles. The van der Waals surface area contributed by atoms with Gasteiger partial charge in [0.15, 0.2) is 0 Å². The molecule has 1 fully saturated rings. The predicted octanol–water partition coefficient (Wildman–Crippen LogP) is 3.33. The molecule has 5 unspecified atom stereocenters. The molecule has 0 radical (unpaired) electrons. The van der Waals surface area contributed by atoms with Gasteiger partial charge in [-0.3, -0.25) is 24.1 Å². The number of ether oxygens (including phenoxy) is 1. The van der Waals surface area contributed by atoms with Crippen LogP contribution in [0.5, 0.6) is 0 Å². The standard InChI is InChI=1S/C27H31FN2O7S/c1-4-27(25(35)36)19(14-37-11-10-30-22(31)16-7-5-6-8-17(16)23(30)32)29-18(13-28)26(3,24(33)34)21(27)20-15(2)9-12-38-20/h5-9,12,18-19,21,29H,4,10-11,13-14H2,1-3H3,(H,33,34)(H,35,36). The minimum Gasteiger partial charge on any atom is -0.481 e. The van der Waals surface area contributed by atoms with Gasteiger partial charge < -0.3 is 20.3 Å². The molecule has 2 amide bonds. The number of nitrogens with zero attached hydrogens (tertiary/aromatic N) is 1. The van der Waals surface area contributed by atoms with Crippen molar-refractivity contribution in [1.82, 2.24) is 10.2 Å². The molecule has 11 heteroatoms. The molecular formula is C27H31FN2O7S. The second kappa shape index (κ2) is 10.5. The number of thiophene rings is 1. The van der Waals surface area contributed by atoms with Gasteiger partial charge in [-0.2, -0.15) is 0 Å². The van der Waals surface area contributed by atoms with E-state index in [9.17, 15) is 33.8 Å². The van der Waals surface area contributed by atoms with Crippen molar-refractivity contribution in [3.8, 4) is 0 Å². The molecule has 3 heterocycles. The number of fused-ring (bicyclic) bond motifs is 1. The van der Waals surface area contributed by atoms with Gasteiger partial charge in [0.1, 0.15) is 6.67 Å². The van der Waals surface area contributed by atoms with Crippen molar-refractivity contribution in [3.63, 3.8) is 0 Å². The molecular weight excluding hydrogens is 515 g/mol. The molecule has 5 atom stereocenters. The smallest absolute Gasteiger partial charge is 0.312 e. The third-order valence-corrected chi connectivity index (χ3v) is 9.33. The number of alkyl halides is 1. The molecule has 4 rings (SSSR count). The number of benzene rings is 1. The maximum atomic E-state index is 14.4. The molecule has 3 N–H and O–H groups in total. The van der Waals surface area contributed by atoms with Crippen LogP contribution in [0, 0.1) is 17.8 Å². The highest BCUT2D eigenvalue weighted by Crippen LogP contribution is 2.58. The van der Waals surface area contributed by atoms with E-state index in [1.165, 1.54) is 18.3 Å². The molecule has 2 aromatic rings. The topological polar surface area (TPSA) is 133 Å². The van der Waals surface area contributed by atoms with Gasteiger partial charge in [0.05, 0.1) is 47.8 Å². The van der Waals surface area contributed by atoms with Crippen molar-refractivity contribution >= 4 is 35.1 Å². The summed E-state index contributed by atoms with van der Waals surface area (Å²) in [5.41, 5.74) is -2.01. The number of hydrogen-bond donors (Lipinski definition) is 3. The summed E-state index contributed by atoms with van der Waals surface area (Å²) >= 11 is 1.27. The number of carbonyl (C=O) groups is 4. The SMILES string of the molecule is CCC1(C(=O)O)C(COCCN2C(=O)c3ccccc3C2=O)NC(CF)C(C)(C(=O)O)C1c1sccc1C. The van der Waals surface area contributed by atoms with Gasteiger partial charge in [0.25, 0.3) is 11.8 Å². The van der Waals surface area contributed by atoms with Gasteiger partial charge in [0.2, 0.25) is 0 Å². The minimum absolute atomic E-state index is 0.0435. The summed E-state index contributed by atoms with van der Waals surface area (Å²) in [6.07, 6.45) is 0.0612. The molecule has 0 aliphatic carbocycles. The first-order valence-electron chi connectivity index (χ1n) is 12.4. The Balaban J connectivity index is 1.61. The molecule has 2 aliphatic rings. The number of carbonyl (C=O) groups excluding carboxylic acids is 2. The van der Waals surface area contributed by atoms with Crippen LogP contribution in [0.4, 0.5) is 4.39 Å². The number of carboxylic acid groups (broad SMARTS) is 2. The first-order valence-corrected chi connectivity index (χ1v) is 13.3. The lowest BCUT2D eigenvalue weighted by molar-refractivity contribution is -0.175. The van der Waals surface area contributed by atoms with Gasteiger partial charge in [-0.05, 0) is 49.4 Å². The first kappa shape index (κ1) is 27.9. The van der Waals surface area contributed by atoms with E-state index in [4.69, 9.17) is 4.74 Å². The van der Waals surface area contributed by atoms with Crippen LogP contribution in [0.3, 0.4) is 0 Å². The maximum Gasteiger partial charge on any atom is 0.312 e. The maximum absolute atomic E-state index is 14.4. The highest BCUT2D eigenvalue weighted by molar-refractivity contribution is 7.10. The van der Waals surface area contributed by atoms with Crippen molar-refractivity contribution in [3.05, 3.63) is 57.3 Å². The number of aliphatic carboxylic acids is 2. The lowest BCUT2D eigenvalue weighted by atomic mass is 9.52. The lowest BCUT2D eigenvalue weighted by Crippen LogP contribution is -2.71. The van der Waals surface area contributed by atoms with Crippen molar-refractivity contribution < 1.29 is 38.5 Å². The van der Waals surface area contributed by atoms with Crippen LogP contribution in [-0.4, -0.2) is 77.4 Å². The number of imide groups is 1. The van der Waals surface area contributed by atoms with Crippen LogP contribution in [-0.2, 0) is 14.3 Å². The highest BCUT2D eigenvalue weighted by atomic mass is 32.1. The summed E-state index contributed by atoms with van der Waals surface area (Å²) in [7, 11) is 0. The van der Waals surface area contributed by atoms with E-state index in [-0.39, 0.29) is 26.2 Å². The van der Waals surface area contributed by atoms with E-state index in [2.05, 4.69) is 5.32 Å². The number of rotatable bonds is 10. The summed E-state index contributed by atoms with van der Waals surface area (Å²) < 4.78 is 20.2. The predicted molar refractivity (Wildman–Crippen MR) is 137 cm³/mol. The number of aryl methyl sites for hydroxylation is 1. The Hall–Kier alpha value is -3.15. The highest BCUT2D eigenvalue weighted by Gasteiger charge is 2.67. The van der Waals surface area contributed by atoms with Gasteiger partial charge in [0, 0.05) is 16.8 Å². The molecule has 38 heavy (non-hydrogen) atoms. The van der Waals surface area contributed by atoms with E-state index in [1.54, 1.807) is 49.6 Å². The Morgan fingerprint density at radius 2 is 1.74 bits per heavy atom. The fraction of sp³-hybridized carbons (Fsp3) is 0.481. The summed E-state index contributed by atoms with van der Waals surface area (Å²) in [6.45, 7) is 3.56. The van der Waals surface area contributed by atoms with E-state index in [1.807, 2.05) is 0 Å². The van der Waals surface area contributed by atoms with Gasteiger partial charge in [-0.15, -0.1) is 11.3 Å². The molecule has 0 bridgehead atoms. The Labute approximate surface area is 223 Å². The van der Waals surface area contributed by atoms with Gasteiger partial charge in [-0.25, -0.2) is 4.39 Å². The number of piperidine rings is 1. The Morgan fingerprint density at radius 1 is 1.11 bits per heavy atom. The van der Waals surface area contributed by atoms with Crippen LogP contribution in [0.2, 0.25) is 0 Å². The fourth-order valence-electron chi connectivity index (χ4n) is 6.04. The van der Waals surface area contributed by atoms with Gasteiger partial charge in [-0.1, -0.05) is 19.1 Å². The first-order chi connectivity index (χ1) is 18.0. The third-order valence-electron chi connectivity index (χ3n) is 8.25. The number of amides is 2. The summed E-state index contributed by atoms with van der Waals surface area (Å²) in [4.78, 5) is 52.6. The zero-order chi connectivity index (χ0) is 27.8. The largest absolute Gasteiger partial charge is 0.481 e. The number of nitrogens with one attached hydrogen (secondary N) is 1. The Kier molecular flexibility index (Phi) is 7.74. The summed E-state index contributed by atoms with van der Waals surface area (Å²) in [5.74, 6) is -4.39. The number of carboxylic acids is 2. The quantitative estimate of drug-likeness (QED) is 0.305. The zero-order valence-corrected chi connectivity index (χ0v) is 22.2. The van der Waals surface area contributed by atoms with Crippen LogP contribution < -0.4 is 5.32 Å². The van der Waals surface area contributed by atoms with Crippen molar-refractivity contribution in [2.24, 2.45) is 10.8 Å².